The van der Waals surface area contributed by atoms with Crippen molar-refractivity contribution < 1.29 is 0 Å². The molecule has 0 fully saturated rings. The molecule has 0 saturated carbocycles. The van der Waals surface area contributed by atoms with Gasteiger partial charge >= 0.3 is 0 Å². The molecule has 9 rings (SSSR count). The van der Waals surface area contributed by atoms with Crippen molar-refractivity contribution in [2.75, 3.05) is 0 Å². The highest BCUT2D eigenvalue weighted by Crippen LogP contribution is 2.49. The number of pyridine rings is 1. The SMILES string of the molecule is c1ccc(-c2cc(-c3ccc4c5c(cccc35)-c3ccccc3-4)nc(-c3cccc4c(-c5cccnc5)cccc34)n2)cc1. The maximum atomic E-state index is 5.31. The predicted molar refractivity (Wildman–Crippen MR) is 181 cm³/mol. The van der Waals surface area contributed by atoms with Crippen LogP contribution in [0.4, 0.5) is 0 Å². The van der Waals surface area contributed by atoms with E-state index < -0.39 is 0 Å². The third kappa shape index (κ3) is 3.80. The van der Waals surface area contributed by atoms with Crippen molar-refractivity contribution in [3.63, 3.8) is 0 Å². The summed E-state index contributed by atoms with van der Waals surface area (Å²) >= 11 is 0. The third-order valence-corrected chi connectivity index (χ3v) is 8.76. The van der Waals surface area contributed by atoms with Crippen LogP contribution in [-0.4, -0.2) is 15.0 Å². The zero-order valence-electron chi connectivity index (χ0n) is 23.8. The van der Waals surface area contributed by atoms with Crippen LogP contribution >= 0.6 is 0 Å². The molecule has 0 aliphatic heterocycles. The van der Waals surface area contributed by atoms with Crippen LogP contribution in [0, 0.1) is 0 Å². The first-order valence-corrected chi connectivity index (χ1v) is 14.9. The van der Waals surface area contributed by atoms with E-state index in [-0.39, 0.29) is 0 Å². The molecule has 2 heterocycles. The quantitative estimate of drug-likeness (QED) is 0.215. The maximum Gasteiger partial charge on any atom is 0.161 e. The molecular formula is C41H25N3. The van der Waals surface area contributed by atoms with E-state index in [1.165, 1.54) is 33.0 Å². The second-order valence-corrected chi connectivity index (χ2v) is 11.2. The van der Waals surface area contributed by atoms with Gasteiger partial charge in [0.15, 0.2) is 5.82 Å². The smallest absolute Gasteiger partial charge is 0.161 e. The topological polar surface area (TPSA) is 38.7 Å². The molecule has 0 atom stereocenters. The van der Waals surface area contributed by atoms with E-state index in [0.29, 0.717) is 5.82 Å². The molecule has 3 nitrogen and oxygen atoms in total. The molecule has 0 N–H and O–H groups in total. The minimum Gasteiger partial charge on any atom is -0.264 e. The monoisotopic (exact) mass is 559 g/mol. The Kier molecular flexibility index (Phi) is 5.50. The molecule has 1 aliphatic carbocycles. The zero-order valence-corrected chi connectivity index (χ0v) is 23.8. The predicted octanol–water partition coefficient (Wildman–Crippen LogP) is 10.5. The Morgan fingerprint density at radius 1 is 0.364 bits per heavy atom. The van der Waals surface area contributed by atoms with Gasteiger partial charge in [0.2, 0.25) is 0 Å². The van der Waals surface area contributed by atoms with Crippen LogP contribution in [0.3, 0.4) is 0 Å². The van der Waals surface area contributed by atoms with Gasteiger partial charge in [0, 0.05) is 34.6 Å². The van der Waals surface area contributed by atoms with Crippen LogP contribution in [0.15, 0.2) is 152 Å². The Balaban J connectivity index is 1.30. The lowest BCUT2D eigenvalue weighted by molar-refractivity contribution is 1.19. The first-order chi connectivity index (χ1) is 21.8. The van der Waals surface area contributed by atoms with E-state index in [2.05, 4.69) is 132 Å². The van der Waals surface area contributed by atoms with Crippen LogP contribution in [-0.2, 0) is 0 Å². The molecule has 0 bridgehead atoms. The summed E-state index contributed by atoms with van der Waals surface area (Å²) in [6.07, 6.45) is 3.73. The Labute approximate surface area is 255 Å². The molecule has 2 aromatic heterocycles. The first-order valence-electron chi connectivity index (χ1n) is 14.9. The molecule has 0 saturated heterocycles. The normalized spacial score (nSPS) is 11.6. The molecule has 44 heavy (non-hydrogen) atoms. The van der Waals surface area contributed by atoms with Crippen LogP contribution in [0.1, 0.15) is 0 Å². The summed E-state index contributed by atoms with van der Waals surface area (Å²) in [5.41, 5.74) is 12.4. The van der Waals surface area contributed by atoms with Crippen LogP contribution in [0.2, 0.25) is 0 Å². The largest absolute Gasteiger partial charge is 0.264 e. The van der Waals surface area contributed by atoms with E-state index in [9.17, 15) is 0 Å². The Bertz CT molecular complexity index is 2350. The van der Waals surface area contributed by atoms with E-state index in [4.69, 9.17) is 9.97 Å². The average molecular weight is 560 g/mol. The van der Waals surface area contributed by atoms with Crippen LogP contribution in [0.25, 0.3) is 88.8 Å². The van der Waals surface area contributed by atoms with E-state index >= 15 is 0 Å². The molecule has 1 aliphatic rings. The van der Waals surface area contributed by atoms with Crippen molar-refractivity contribution >= 4 is 21.5 Å². The molecule has 0 unspecified atom stereocenters. The van der Waals surface area contributed by atoms with Crippen LogP contribution in [0.5, 0.6) is 0 Å². The lowest BCUT2D eigenvalue weighted by Gasteiger charge is -2.14. The summed E-state index contributed by atoms with van der Waals surface area (Å²) in [6.45, 7) is 0. The highest BCUT2D eigenvalue weighted by Gasteiger charge is 2.23. The summed E-state index contributed by atoms with van der Waals surface area (Å²) in [5.74, 6) is 0.710. The Morgan fingerprint density at radius 3 is 1.73 bits per heavy atom. The lowest BCUT2D eigenvalue weighted by atomic mass is 9.95. The van der Waals surface area contributed by atoms with Crippen molar-refractivity contribution in [1.29, 1.82) is 0 Å². The van der Waals surface area contributed by atoms with Crippen molar-refractivity contribution in [3.05, 3.63) is 152 Å². The molecule has 0 amide bonds. The zero-order chi connectivity index (χ0) is 29.0. The van der Waals surface area contributed by atoms with Gasteiger partial charge in [-0.2, -0.15) is 0 Å². The number of aromatic nitrogens is 3. The molecule has 6 aromatic carbocycles. The number of rotatable bonds is 4. The number of nitrogens with zero attached hydrogens (tertiary/aromatic N) is 3. The van der Waals surface area contributed by atoms with Gasteiger partial charge in [-0.15, -0.1) is 0 Å². The van der Waals surface area contributed by atoms with Gasteiger partial charge in [-0.05, 0) is 61.5 Å². The van der Waals surface area contributed by atoms with E-state index in [1.807, 2.05) is 24.5 Å². The summed E-state index contributed by atoms with van der Waals surface area (Å²) in [5, 5.41) is 4.76. The fraction of sp³-hybridized carbons (Fsp3) is 0. The summed E-state index contributed by atoms with van der Waals surface area (Å²) < 4.78 is 0. The first kappa shape index (κ1) is 24.6. The van der Waals surface area contributed by atoms with Gasteiger partial charge in [-0.3, -0.25) is 4.98 Å². The van der Waals surface area contributed by atoms with Gasteiger partial charge in [0.05, 0.1) is 11.4 Å². The summed E-state index contributed by atoms with van der Waals surface area (Å²) in [6, 6.07) is 49.2. The number of benzene rings is 6. The van der Waals surface area contributed by atoms with Gasteiger partial charge in [0.1, 0.15) is 0 Å². The minimum atomic E-state index is 0.710. The highest BCUT2D eigenvalue weighted by atomic mass is 14.9. The standard InChI is InChI=1S/C41H25N3/c1-2-10-26(11-3-1)38-24-39(33-21-22-36-31-14-5-4-13-30(31)34-18-8-19-35(33)40(34)36)44-41(43-38)37-20-7-16-29-28(15-6-17-32(29)37)27-12-9-23-42-25-27/h1-25H. The molecule has 0 spiro atoms. The van der Waals surface area contributed by atoms with E-state index in [0.717, 1.165) is 50.0 Å². The highest BCUT2D eigenvalue weighted by molar-refractivity contribution is 6.18. The second-order valence-electron chi connectivity index (χ2n) is 11.2. The van der Waals surface area contributed by atoms with Crippen molar-refractivity contribution in [3.8, 4) is 67.3 Å². The van der Waals surface area contributed by atoms with Gasteiger partial charge in [-0.1, -0.05) is 127 Å². The summed E-state index contributed by atoms with van der Waals surface area (Å²) in [7, 11) is 0. The average Bonchev–Trinajstić information content (AvgIpc) is 3.43. The van der Waals surface area contributed by atoms with Crippen molar-refractivity contribution in [2.24, 2.45) is 0 Å². The van der Waals surface area contributed by atoms with Gasteiger partial charge in [-0.25, -0.2) is 9.97 Å². The third-order valence-electron chi connectivity index (χ3n) is 8.76. The second kappa shape index (κ2) is 9.82. The molecular weight excluding hydrogens is 534 g/mol. The number of hydrogen-bond donors (Lipinski definition) is 0. The molecule has 204 valence electrons. The number of fused-ring (bicyclic) bond motifs is 4. The lowest BCUT2D eigenvalue weighted by Crippen LogP contribution is -1.97. The summed E-state index contributed by atoms with van der Waals surface area (Å²) in [4.78, 5) is 14.9. The van der Waals surface area contributed by atoms with Gasteiger partial charge in [0.25, 0.3) is 0 Å². The fourth-order valence-electron chi connectivity index (χ4n) is 6.77. The Hall–Kier alpha value is -5.93. The van der Waals surface area contributed by atoms with Crippen molar-refractivity contribution in [2.45, 2.75) is 0 Å². The van der Waals surface area contributed by atoms with Crippen LogP contribution < -0.4 is 0 Å². The maximum absolute atomic E-state index is 5.31. The van der Waals surface area contributed by atoms with Crippen molar-refractivity contribution in [1.82, 2.24) is 15.0 Å². The minimum absolute atomic E-state index is 0.710. The molecule has 8 aromatic rings. The Morgan fingerprint density at radius 2 is 0.955 bits per heavy atom. The molecule has 3 heteroatoms. The fourth-order valence-corrected chi connectivity index (χ4v) is 6.77. The molecule has 0 radical (unpaired) electrons. The number of hydrogen-bond acceptors (Lipinski definition) is 3. The van der Waals surface area contributed by atoms with Gasteiger partial charge < -0.3 is 0 Å². The van der Waals surface area contributed by atoms with E-state index in [1.54, 1.807) is 0 Å².